The summed E-state index contributed by atoms with van der Waals surface area (Å²) in [7, 11) is 1.57. The number of rotatable bonds is 4. The van der Waals surface area contributed by atoms with Crippen LogP contribution in [-0.2, 0) is 4.74 Å². The molecule has 0 radical (unpaired) electrons. The summed E-state index contributed by atoms with van der Waals surface area (Å²) in [5.74, 6) is 2.31. The largest absolute Gasteiger partial charge is 0.497 e. The zero-order chi connectivity index (χ0) is 14.5. The van der Waals surface area contributed by atoms with Gasteiger partial charge in [0.2, 0.25) is 0 Å². The summed E-state index contributed by atoms with van der Waals surface area (Å²) in [5, 5.41) is 8.30. The Morgan fingerprint density at radius 3 is 2.95 bits per heavy atom. The molecule has 0 unspecified atom stereocenters. The van der Waals surface area contributed by atoms with Crippen LogP contribution in [-0.4, -0.2) is 34.7 Å². The van der Waals surface area contributed by atoms with Crippen molar-refractivity contribution < 1.29 is 14.3 Å². The number of hydrogen-bond acceptors (Lipinski definition) is 5. The number of aryl methyl sites for hydroxylation is 1. The minimum absolute atomic E-state index is 0.0930. The molecule has 6 heteroatoms. The average Bonchev–Trinajstić information content (AvgIpc) is 2.87. The first-order valence-electron chi connectivity index (χ1n) is 5.84. The fourth-order valence-electron chi connectivity index (χ4n) is 1.59. The minimum Gasteiger partial charge on any atom is -0.497 e. The van der Waals surface area contributed by atoms with E-state index in [9.17, 15) is 4.79 Å². The van der Waals surface area contributed by atoms with Crippen LogP contribution >= 0.6 is 0 Å². The second-order valence-electron chi connectivity index (χ2n) is 3.91. The van der Waals surface area contributed by atoms with Crippen molar-refractivity contribution in [3.63, 3.8) is 0 Å². The van der Waals surface area contributed by atoms with Gasteiger partial charge < -0.3 is 9.47 Å². The third-order valence-corrected chi connectivity index (χ3v) is 2.55. The zero-order valence-corrected chi connectivity index (χ0v) is 11.2. The monoisotopic (exact) mass is 271 g/mol. The van der Waals surface area contributed by atoms with E-state index in [1.54, 1.807) is 26.2 Å². The lowest BCUT2D eigenvalue weighted by molar-refractivity contribution is 0.0548. The number of carbonyl (C=O) groups excluding carboxylic acids is 1. The number of aromatic nitrogens is 3. The normalized spacial score (nSPS) is 9.85. The first kappa shape index (κ1) is 13.6. The lowest BCUT2D eigenvalue weighted by Crippen LogP contribution is -2.08. The Hall–Kier alpha value is -2.81. The van der Waals surface area contributed by atoms with Crippen LogP contribution in [0.3, 0.4) is 0 Å². The van der Waals surface area contributed by atoms with Crippen LogP contribution in [0.5, 0.6) is 5.75 Å². The van der Waals surface area contributed by atoms with E-state index in [1.807, 2.05) is 12.1 Å². The van der Waals surface area contributed by atoms with Crippen LogP contribution in [0.2, 0.25) is 0 Å². The van der Waals surface area contributed by atoms with E-state index >= 15 is 0 Å². The Balaban J connectivity index is 2.31. The molecule has 0 aliphatic carbocycles. The molecule has 0 atom stereocenters. The summed E-state index contributed by atoms with van der Waals surface area (Å²) in [5.41, 5.74) is 1.29. The lowest BCUT2D eigenvalue weighted by Gasteiger charge is -2.02. The maximum absolute atomic E-state index is 11.7. The van der Waals surface area contributed by atoms with Gasteiger partial charge in [0.15, 0.2) is 12.3 Å². The third-order valence-electron chi connectivity index (χ3n) is 2.55. The van der Waals surface area contributed by atoms with Gasteiger partial charge in [0.25, 0.3) is 0 Å². The third kappa shape index (κ3) is 2.78. The second kappa shape index (κ2) is 5.89. The highest BCUT2D eigenvalue weighted by Crippen LogP contribution is 2.16. The van der Waals surface area contributed by atoms with E-state index in [4.69, 9.17) is 15.9 Å². The summed E-state index contributed by atoms with van der Waals surface area (Å²) >= 11 is 0. The van der Waals surface area contributed by atoms with Gasteiger partial charge in [-0.25, -0.2) is 4.79 Å². The molecule has 1 aromatic heterocycles. The fourth-order valence-corrected chi connectivity index (χ4v) is 1.59. The summed E-state index contributed by atoms with van der Waals surface area (Å²) in [4.78, 5) is 13.1. The maximum Gasteiger partial charge on any atom is 0.361 e. The molecule has 1 heterocycles. The number of methoxy groups -OCH3 is 1. The van der Waals surface area contributed by atoms with Crippen molar-refractivity contribution in [1.82, 2.24) is 15.0 Å². The number of carbonyl (C=O) groups is 1. The van der Waals surface area contributed by atoms with Crippen molar-refractivity contribution >= 4 is 5.97 Å². The van der Waals surface area contributed by atoms with Crippen LogP contribution in [0.4, 0.5) is 0 Å². The Morgan fingerprint density at radius 2 is 2.25 bits per heavy atom. The lowest BCUT2D eigenvalue weighted by atomic mass is 10.3. The van der Waals surface area contributed by atoms with Crippen molar-refractivity contribution in [1.29, 1.82) is 0 Å². The molecular formula is C14H13N3O3. The molecule has 6 nitrogen and oxygen atoms in total. The van der Waals surface area contributed by atoms with Gasteiger partial charge in [-0.1, -0.05) is 12.0 Å². The van der Waals surface area contributed by atoms with Crippen LogP contribution in [0.15, 0.2) is 24.3 Å². The average molecular weight is 271 g/mol. The van der Waals surface area contributed by atoms with Gasteiger partial charge in [0, 0.05) is 6.07 Å². The number of esters is 1. The van der Waals surface area contributed by atoms with Crippen molar-refractivity contribution in [3.05, 3.63) is 35.7 Å². The molecule has 0 amide bonds. The Kier molecular flexibility index (Phi) is 4.01. The van der Waals surface area contributed by atoms with E-state index in [0.717, 1.165) is 0 Å². The van der Waals surface area contributed by atoms with E-state index in [-0.39, 0.29) is 12.3 Å². The van der Waals surface area contributed by atoms with E-state index in [2.05, 4.69) is 16.1 Å². The molecule has 0 fully saturated rings. The highest BCUT2D eigenvalue weighted by atomic mass is 16.5. The second-order valence-corrected chi connectivity index (χ2v) is 3.91. The molecule has 0 spiro atoms. The number of hydrogen-bond donors (Lipinski definition) is 0. The summed E-state index contributed by atoms with van der Waals surface area (Å²) in [6, 6.07) is 7.18. The smallest absolute Gasteiger partial charge is 0.361 e. The Bertz CT molecular complexity index is 671. The number of benzene rings is 1. The first-order valence-corrected chi connectivity index (χ1v) is 5.84. The van der Waals surface area contributed by atoms with Crippen molar-refractivity contribution in [2.45, 2.75) is 6.92 Å². The van der Waals surface area contributed by atoms with E-state index in [0.29, 0.717) is 17.1 Å². The van der Waals surface area contributed by atoms with Gasteiger partial charge in [-0.2, -0.15) is 9.90 Å². The highest BCUT2D eigenvalue weighted by molar-refractivity contribution is 5.88. The standard InChI is InChI=1S/C14H13N3O3/c1-4-8-20-14(18)13-10(2)15-17(16-13)11-6-5-7-12(9-11)19-3/h1,5-7,9H,8H2,2-3H3. The van der Waals surface area contributed by atoms with Crippen LogP contribution in [0.1, 0.15) is 16.2 Å². The number of terminal acetylenes is 1. The molecule has 0 aliphatic rings. The van der Waals surface area contributed by atoms with E-state index < -0.39 is 5.97 Å². The molecule has 0 bridgehead atoms. The van der Waals surface area contributed by atoms with Crippen LogP contribution < -0.4 is 4.74 Å². The molecule has 102 valence electrons. The zero-order valence-electron chi connectivity index (χ0n) is 11.2. The molecule has 0 saturated carbocycles. The van der Waals surface area contributed by atoms with Crippen LogP contribution in [0.25, 0.3) is 5.69 Å². The maximum atomic E-state index is 11.7. The Morgan fingerprint density at radius 1 is 1.45 bits per heavy atom. The van der Waals surface area contributed by atoms with Gasteiger partial charge in [0.05, 0.1) is 18.5 Å². The topological polar surface area (TPSA) is 66.2 Å². The van der Waals surface area contributed by atoms with Gasteiger partial charge in [-0.05, 0) is 19.1 Å². The number of ether oxygens (including phenoxy) is 2. The Labute approximate surface area is 116 Å². The van der Waals surface area contributed by atoms with Gasteiger partial charge in [-0.15, -0.1) is 11.5 Å². The molecule has 2 rings (SSSR count). The molecule has 20 heavy (non-hydrogen) atoms. The quantitative estimate of drug-likeness (QED) is 0.620. The van der Waals surface area contributed by atoms with Crippen molar-refractivity contribution in [3.8, 4) is 23.8 Å². The highest BCUT2D eigenvalue weighted by Gasteiger charge is 2.17. The molecular weight excluding hydrogens is 258 g/mol. The molecule has 0 saturated heterocycles. The number of nitrogens with zero attached hydrogens (tertiary/aromatic N) is 3. The van der Waals surface area contributed by atoms with Gasteiger partial charge in [-0.3, -0.25) is 0 Å². The predicted octanol–water partition coefficient (Wildman–Crippen LogP) is 1.37. The van der Waals surface area contributed by atoms with Crippen LogP contribution in [0, 0.1) is 19.3 Å². The molecule has 2 aromatic rings. The predicted molar refractivity (Wildman–Crippen MR) is 71.8 cm³/mol. The fraction of sp³-hybridized carbons (Fsp3) is 0.214. The van der Waals surface area contributed by atoms with Gasteiger partial charge in [0.1, 0.15) is 5.75 Å². The first-order chi connectivity index (χ1) is 9.65. The minimum atomic E-state index is -0.588. The summed E-state index contributed by atoms with van der Waals surface area (Å²) in [6.45, 7) is 1.58. The molecule has 0 aliphatic heterocycles. The van der Waals surface area contributed by atoms with Gasteiger partial charge >= 0.3 is 5.97 Å². The summed E-state index contributed by atoms with van der Waals surface area (Å²) < 4.78 is 9.97. The molecule has 0 N–H and O–H groups in total. The SMILES string of the molecule is C#CCOC(=O)c1nn(-c2cccc(OC)c2)nc1C. The van der Waals surface area contributed by atoms with E-state index in [1.165, 1.54) is 4.80 Å². The summed E-state index contributed by atoms with van der Waals surface area (Å²) in [6.07, 6.45) is 5.04. The van der Waals surface area contributed by atoms with Crippen molar-refractivity contribution in [2.24, 2.45) is 0 Å². The molecule has 1 aromatic carbocycles. The van der Waals surface area contributed by atoms with Crippen molar-refractivity contribution in [2.75, 3.05) is 13.7 Å².